The van der Waals surface area contributed by atoms with Crippen LogP contribution in [-0.4, -0.2) is 4.98 Å². The third-order valence-corrected chi connectivity index (χ3v) is 1.74. The van der Waals surface area contributed by atoms with Gasteiger partial charge in [-0.15, -0.1) is 0 Å². The summed E-state index contributed by atoms with van der Waals surface area (Å²) in [5.74, 6) is -0.348. The van der Waals surface area contributed by atoms with Crippen LogP contribution in [-0.2, 0) is 0 Å². The Labute approximate surface area is 75.9 Å². The largest absolute Gasteiger partial charge is 0.256 e. The lowest BCUT2D eigenvalue weighted by atomic mass is 10.1. The summed E-state index contributed by atoms with van der Waals surface area (Å²) in [6, 6.07) is 12.8. The van der Waals surface area contributed by atoms with Gasteiger partial charge in [-0.2, -0.15) is 0 Å². The highest BCUT2D eigenvalue weighted by atomic mass is 19.1. The molecule has 13 heavy (non-hydrogen) atoms. The Bertz CT molecular complexity index is 381. The molecule has 2 heteroatoms. The number of rotatable bonds is 1. The van der Waals surface area contributed by atoms with Gasteiger partial charge in [0.2, 0.25) is 0 Å². The number of nitrogens with zero attached hydrogens (tertiary/aromatic N) is 1. The van der Waals surface area contributed by atoms with Gasteiger partial charge in [-0.1, -0.05) is 6.07 Å². The molecule has 1 heterocycles. The van der Waals surface area contributed by atoms with Crippen LogP contribution in [0.15, 0.2) is 42.6 Å². The van der Waals surface area contributed by atoms with E-state index in [0.29, 0.717) is 0 Å². The standard InChI is InChI=1S/C11H7FN/c12-10-6-4-9(5-7-10)11-3-1-2-8-13-11/h1-6,8H. The van der Waals surface area contributed by atoms with Crippen LogP contribution in [0.4, 0.5) is 4.39 Å². The molecule has 0 aliphatic heterocycles. The zero-order valence-electron chi connectivity index (χ0n) is 6.87. The first kappa shape index (κ1) is 7.92. The summed E-state index contributed by atoms with van der Waals surface area (Å²) < 4.78 is 12.5. The molecule has 0 atom stereocenters. The Morgan fingerprint density at radius 2 is 2.08 bits per heavy atom. The van der Waals surface area contributed by atoms with E-state index in [2.05, 4.69) is 11.1 Å². The highest BCUT2D eigenvalue weighted by Crippen LogP contribution is 2.15. The van der Waals surface area contributed by atoms with Crippen molar-refractivity contribution in [3.63, 3.8) is 0 Å². The number of hydrogen-bond donors (Lipinski definition) is 0. The SMILES string of the molecule is Fc1[c]cc(-c2ccccn2)cc1. The molecule has 1 aromatic heterocycles. The maximum absolute atomic E-state index is 12.5. The quantitative estimate of drug-likeness (QED) is 0.644. The van der Waals surface area contributed by atoms with Gasteiger partial charge < -0.3 is 0 Å². The minimum absolute atomic E-state index is 0.348. The van der Waals surface area contributed by atoms with Gasteiger partial charge in [-0.3, -0.25) is 4.98 Å². The van der Waals surface area contributed by atoms with E-state index in [9.17, 15) is 4.39 Å². The molecule has 0 aliphatic rings. The Morgan fingerprint density at radius 3 is 2.69 bits per heavy atom. The fourth-order valence-corrected chi connectivity index (χ4v) is 1.10. The Kier molecular flexibility index (Phi) is 2.04. The summed E-state index contributed by atoms with van der Waals surface area (Å²) in [6.45, 7) is 0. The molecule has 0 N–H and O–H groups in total. The van der Waals surface area contributed by atoms with Crippen LogP contribution in [0.2, 0.25) is 0 Å². The second-order valence-corrected chi connectivity index (χ2v) is 2.64. The highest BCUT2D eigenvalue weighted by molar-refractivity contribution is 5.58. The monoisotopic (exact) mass is 172 g/mol. The number of pyridine rings is 1. The Balaban J connectivity index is 2.42. The minimum Gasteiger partial charge on any atom is -0.256 e. The van der Waals surface area contributed by atoms with Crippen LogP contribution in [0.5, 0.6) is 0 Å². The van der Waals surface area contributed by atoms with Gasteiger partial charge in [0.15, 0.2) is 0 Å². The van der Waals surface area contributed by atoms with Gasteiger partial charge in [-0.05, 0) is 30.3 Å². The molecule has 1 aromatic carbocycles. The molecule has 0 saturated heterocycles. The molecule has 0 aliphatic carbocycles. The van der Waals surface area contributed by atoms with Crippen LogP contribution in [0.1, 0.15) is 0 Å². The van der Waals surface area contributed by atoms with Gasteiger partial charge in [0.1, 0.15) is 5.82 Å². The lowest BCUT2D eigenvalue weighted by Crippen LogP contribution is -1.81. The fraction of sp³-hybridized carbons (Fsp3) is 0. The summed E-state index contributed by atoms with van der Waals surface area (Å²) in [5.41, 5.74) is 1.71. The average molecular weight is 172 g/mol. The van der Waals surface area contributed by atoms with E-state index < -0.39 is 0 Å². The molecule has 0 bridgehead atoms. The minimum atomic E-state index is -0.348. The Hall–Kier alpha value is -1.70. The molecule has 2 rings (SSSR count). The predicted molar refractivity (Wildman–Crippen MR) is 48.5 cm³/mol. The molecule has 0 spiro atoms. The van der Waals surface area contributed by atoms with E-state index in [1.165, 1.54) is 6.07 Å². The molecule has 1 nitrogen and oxygen atoms in total. The van der Waals surface area contributed by atoms with E-state index >= 15 is 0 Å². The number of benzene rings is 1. The van der Waals surface area contributed by atoms with Gasteiger partial charge in [-0.25, -0.2) is 4.39 Å². The lowest BCUT2D eigenvalue weighted by molar-refractivity contribution is 0.626. The van der Waals surface area contributed by atoms with Crippen molar-refractivity contribution < 1.29 is 4.39 Å². The van der Waals surface area contributed by atoms with E-state index in [4.69, 9.17) is 0 Å². The topological polar surface area (TPSA) is 12.9 Å². The maximum atomic E-state index is 12.5. The van der Waals surface area contributed by atoms with E-state index in [-0.39, 0.29) is 5.82 Å². The summed E-state index contributed by atoms with van der Waals surface area (Å²) in [4.78, 5) is 4.14. The van der Waals surface area contributed by atoms with E-state index in [0.717, 1.165) is 11.3 Å². The summed E-state index contributed by atoms with van der Waals surface area (Å²) in [5, 5.41) is 0. The van der Waals surface area contributed by atoms with Crippen LogP contribution < -0.4 is 0 Å². The van der Waals surface area contributed by atoms with Crippen molar-refractivity contribution in [3.8, 4) is 11.3 Å². The van der Waals surface area contributed by atoms with Crippen molar-refractivity contribution in [2.24, 2.45) is 0 Å². The maximum Gasteiger partial charge on any atom is 0.131 e. The molecule has 1 radical (unpaired) electrons. The number of hydrogen-bond acceptors (Lipinski definition) is 1. The third kappa shape index (κ3) is 1.72. The van der Waals surface area contributed by atoms with Crippen molar-refractivity contribution in [2.75, 3.05) is 0 Å². The highest BCUT2D eigenvalue weighted by Gasteiger charge is 1.97. The molecule has 0 saturated carbocycles. The Morgan fingerprint density at radius 1 is 1.15 bits per heavy atom. The van der Waals surface area contributed by atoms with Gasteiger partial charge in [0.25, 0.3) is 0 Å². The molecule has 0 unspecified atom stereocenters. The van der Waals surface area contributed by atoms with Crippen molar-refractivity contribution in [3.05, 3.63) is 54.5 Å². The van der Waals surface area contributed by atoms with Crippen LogP contribution in [0, 0.1) is 11.9 Å². The summed E-state index contributed by atoms with van der Waals surface area (Å²) >= 11 is 0. The van der Waals surface area contributed by atoms with Crippen molar-refractivity contribution in [1.82, 2.24) is 4.98 Å². The average Bonchev–Trinajstić information content (AvgIpc) is 2.20. The molecular formula is C11H7FN. The summed E-state index contributed by atoms with van der Waals surface area (Å²) in [7, 11) is 0. The smallest absolute Gasteiger partial charge is 0.131 e. The van der Waals surface area contributed by atoms with Crippen LogP contribution in [0.3, 0.4) is 0 Å². The molecule has 2 aromatic rings. The number of halogens is 1. The normalized spacial score (nSPS) is 9.92. The zero-order valence-corrected chi connectivity index (χ0v) is 6.87. The molecule has 0 amide bonds. The van der Waals surface area contributed by atoms with E-state index in [1.807, 2.05) is 18.2 Å². The first-order valence-corrected chi connectivity index (χ1v) is 3.95. The molecular weight excluding hydrogens is 165 g/mol. The van der Waals surface area contributed by atoms with Crippen LogP contribution in [0.25, 0.3) is 11.3 Å². The third-order valence-electron chi connectivity index (χ3n) is 1.74. The van der Waals surface area contributed by atoms with Crippen molar-refractivity contribution in [2.45, 2.75) is 0 Å². The summed E-state index contributed by atoms with van der Waals surface area (Å²) in [6.07, 6.45) is 1.71. The van der Waals surface area contributed by atoms with E-state index in [1.54, 1.807) is 18.3 Å². The zero-order chi connectivity index (χ0) is 9.10. The van der Waals surface area contributed by atoms with Crippen molar-refractivity contribution in [1.29, 1.82) is 0 Å². The first-order valence-electron chi connectivity index (χ1n) is 3.95. The molecule has 0 fully saturated rings. The van der Waals surface area contributed by atoms with Crippen LogP contribution >= 0.6 is 0 Å². The molecule has 63 valence electrons. The van der Waals surface area contributed by atoms with Gasteiger partial charge in [0.05, 0.1) is 5.69 Å². The van der Waals surface area contributed by atoms with Gasteiger partial charge in [0, 0.05) is 17.8 Å². The second kappa shape index (κ2) is 3.35. The second-order valence-electron chi connectivity index (χ2n) is 2.64. The number of aromatic nitrogens is 1. The fourth-order valence-electron chi connectivity index (χ4n) is 1.10. The predicted octanol–water partition coefficient (Wildman–Crippen LogP) is 2.69. The van der Waals surface area contributed by atoms with Crippen molar-refractivity contribution >= 4 is 0 Å². The first-order chi connectivity index (χ1) is 6.36. The lowest BCUT2D eigenvalue weighted by Gasteiger charge is -1.98. The van der Waals surface area contributed by atoms with Gasteiger partial charge >= 0.3 is 0 Å².